The average Bonchev–Trinajstić information content (AvgIpc) is 3.31. The minimum atomic E-state index is 0.0403. The summed E-state index contributed by atoms with van der Waals surface area (Å²) in [6, 6.07) is 0.486. The molecule has 2 fully saturated rings. The minimum absolute atomic E-state index is 0.0403. The van der Waals surface area contributed by atoms with Crippen LogP contribution in [0.25, 0.3) is 0 Å². The van der Waals surface area contributed by atoms with Crippen LogP contribution < -0.4 is 0 Å². The fourth-order valence-electron chi connectivity index (χ4n) is 4.42. The highest BCUT2D eigenvalue weighted by Crippen LogP contribution is 2.26. The monoisotopic (exact) mass is 347 g/mol. The topological polar surface area (TPSA) is 54.3 Å². The second-order valence-electron chi connectivity index (χ2n) is 7.57. The van der Waals surface area contributed by atoms with Gasteiger partial charge < -0.3 is 4.90 Å². The lowest BCUT2D eigenvalue weighted by Gasteiger charge is -2.25. The van der Waals surface area contributed by atoms with Crippen molar-refractivity contribution in [2.45, 2.75) is 71.4 Å². The van der Waals surface area contributed by atoms with Gasteiger partial charge >= 0.3 is 0 Å². The summed E-state index contributed by atoms with van der Waals surface area (Å²) in [5.41, 5.74) is 0.504. The lowest BCUT2D eigenvalue weighted by Crippen LogP contribution is -2.38. The fourth-order valence-corrected chi connectivity index (χ4v) is 4.42. The molecule has 1 unspecified atom stereocenters. The Morgan fingerprint density at radius 3 is 2.68 bits per heavy atom. The molecule has 2 aliphatic rings. The maximum Gasteiger partial charge on any atom is 0.276 e. The van der Waals surface area contributed by atoms with Crippen molar-refractivity contribution in [3.05, 3.63) is 11.9 Å². The summed E-state index contributed by atoms with van der Waals surface area (Å²) >= 11 is 0. The number of amides is 1. The summed E-state index contributed by atoms with van der Waals surface area (Å²) in [5.74, 6) is 0.865. The highest BCUT2D eigenvalue weighted by atomic mass is 16.2. The van der Waals surface area contributed by atoms with E-state index in [1.807, 2.05) is 15.8 Å². The van der Waals surface area contributed by atoms with Gasteiger partial charge in [0.2, 0.25) is 0 Å². The molecule has 25 heavy (non-hydrogen) atoms. The van der Waals surface area contributed by atoms with E-state index in [9.17, 15) is 4.79 Å². The number of hydrogen-bond acceptors (Lipinski definition) is 4. The number of hydrogen-bond donors (Lipinski definition) is 0. The number of nitrogens with zero attached hydrogens (tertiary/aromatic N) is 5. The van der Waals surface area contributed by atoms with Gasteiger partial charge in [-0.05, 0) is 31.8 Å². The maximum atomic E-state index is 12.7. The van der Waals surface area contributed by atoms with Crippen LogP contribution in [0.2, 0.25) is 0 Å². The molecule has 1 aliphatic carbocycles. The second-order valence-corrected chi connectivity index (χ2v) is 7.57. The smallest absolute Gasteiger partial charge is 0.276 e. The summed E-state index contributed by atoms with van der Waals surface area (Å²) in [4.78, 5) is 17.1. The summed E-state index contributed by atoms with van der Waals surface area (Å²) in [6.45, 7) is 8.98. The van der Waals surface area contributed by atoms with Gasteiger partial charge in [0.15, 0.2) is 5.69 Å². The van der Waals surface area contributed by atoms with Crippen molar-refractivity contribution in [3.63, 3.8) is 0 Å². The molecule has 2 heterocycles. The van der Waals surface area contributed by atoms with Gasteiger partial charge in [-0.15, -0.1) is 5.10 Å². The molecular weight excluding hydrogens is 314 g/mol. The summed E-state index contributed by atoms with van der Waals surface area (Å²) in [7, 11) is 0. The molecule has 0 N–H and O–H groups in total. The van der Waals surface area contributed by atoms with Crippen LogP contribution in [0.3, 0.4) is 0 Å². The van der Waals surface area contributed by atoms with Crippen LogP contribution in [-0.2, 0) is 6.54 Å². The fraction of sp³-hybridized carbons (Fsp3) is 0.842. The zero-order valence-electron chi connectivity index (χ0n) is 15.9. The molecule has 1 aliphatic heterocycles. The van der Waals surface area contributed by atoms with E-state index in [-0.39, 0.29) is 5.91 Å². The SMILES string of the molecule is CCN(CC)C1CCN(C(=O)c2cn(CCC3CCCCC3)nn2)C1. The van der Waals surface area contributed by atoms with Crippen molar-refractivity contribution in [1.82, 2.24) is 24.8 Å². The van der Waals surface area contributed by atoms with E-state index < -0.39 is 0 Å². The number of aryl methyl sites for hydroxylation is 1. The Labute approximate surface area is 151 Å². The standard InChI is InChI=1S/C19H33N5O/c1-3-22(4-2)17-11-12-23(14-17)19(25)18-15-24(21-20-18)13-10-16-8-6-5-7-9-16/h15-17H,3-14H2,1-2H3. The maximum absolute atomic E-state index is 12.7. The quantitative estimate of drug-likeness (QED) is 0.761. The molecule has 6 heteroatoms. The molecule has 140 valence electrons. The molecule has 1 aromatic heterocycles. The predicted octanol–water partition coefficient (Wildman–Crippen LogP) is 2.80. The first-order valence-electron chi connectivity index (χ1n) is 10.1. The Kier molecular flexibility index (Phi) is 6.45. The van der Waals surface area contributed by atoms with Gasteiger partial charge in [0, 0.05) is 25.7 Å². The van der Waals surface area contributed by atoms with Crippen molar-refractivity contribution in [2.75, 3.05) is 26.2 Å². The van der Waals surface area contributed by atoms with Crippen LogP contribution in [0.1, 0.15) is 69.3 Å². The number of carbonyl (C=O) groups excluding carboxylic acids is 1. The van der Waals surface area contributed by atoms with Crippen LogP contribution in [-0.4, -0.2) is 62.9 Å². The molecular formula is C19H33N5O. The van der Waals surface area contributed by atoms with Crippen molar-refractivity contribution in [3.8, 4) is 0 Å². The summed E-state index contributed by atoms with van der Waals surface area (Å²) in [6.07, 6.45) is 10.9. The predicted molar refractivity (Wildman–Crippen MR) is 98.4 cm³/mol. The number of likely N-dealkylation sites (N-methyl/N-ethyl adjacent to an activating group) is 1. The third-order valence-electron chi connectivity index (χ3n) is 6.03. The Hall–Kier alpha value is -1.43. The van der Waals surface area contributed by atoms with Gasteiger partial charge in [-0.1, -0.05) is 51.2 Å². The first kappa shape index (κ1) is 18.4. The molecule has 0 aromatic carbocycles. The molecule has 1 atom stereocenters. The van der Waals surface area contributed by atoms with Crippen molar-refractivity contribution in [2.24, 2.45) is 5.92 Å². The van der Waals surface area contributed by atoms with E-state index in [2.05, 4.69) is 29.1 Å². The Bertz CT molecular complexity index is 548. The molecule has 0 spiro atoms. The Morgan fingerprint density at radius 2 is 1.96 bits per heavy atom. The molecule has 0 bridgehead atoms. The van der Waals surface area contributed by atoms with Gasteiger partial charge in [-0.25, -0.2) is 0 Å². The van der Waals surface area contributed by atoms with Gasteiger partial charge in [0.05, 0.1) is 6.20 Å². The van der Waals surface area contributed by atoms with Gasteiger partial charge in [0.25, 0.3) is 5.91 Å². The largest absolute Gasteiger partial charge is 0.336 e. The number of aromatic nitrogens is 3. The van der Waals surface area contributed by atoms with Crippen molar-refractivity contribution in [1.29, 1.82) is 0 Å². The van der Waals surface area contributed by atoms with Crippen LogP contribution in [0, 0.1) is 5.92 Å². The van der Waals surface area contributed by atoms with Crippen LogP contribution >= 0.6 is 0 Å². The van der Waals surface area contributed by atoms with Gasteiger partial charge in [-0.3, -0.25) is 14.4 Å². The van der Waals surface area contributed by atoms with Gasteiger partial charge in [-0.2, -0.15) is 0 Å². The van der Waals surface area contributed by atoms with E-state index in [1.165, 1.54) is 32.1 Å². The first-order chi connectivity index (χ1) is 12.2. The highest BCUT2D eigenvalue weighted by Gasteiger charge is 2.30. The number of likely N-dealkylation sites (tertiary alicyclic amines) is 1. The Morgan fingerprint density at radius 1 is 1.20 bits per heavy atom. The van der Waals surface area contributed by atoms with Crippen LogP contribution in [0.4, 0.5) is 0 Å². The van der Waals surface area contributed by atoms with Crippen LogP contribution in [0.5, 0.6) is 0 Å². The van der Waals surface area contributed by atoms with E-state index in [1.54, 1.807) is 0 Å². The normalized spacial score (nSPS) is 22.0. The van der Waals surface area contributed by atoms with E-state index in [0.29, 0.717) is 11.7 Å². The van der Waals surface area contributed by atoms with Crippen molar-refractivity contribution >= 4 is 5.91 Å². The molecule has 6 nitrogen and oxygen atoms in total. The third kappa shape index (κ3) is 4.60. The lowest BCUT2D eigenvalue weighted by molar-refractivity contribution is 0.0772. The number of rotatable bonds is 7. The minimum Gasteiger partial charge on any atom is -0.336 e. The summed E-state index contributed by atoms with van der Waals surface area (Å²) in [5, 5.41) is 8.33. The first-order valence-corrected chi connectivity index (χ1v) is 10.1. The summed E-state index contributed by atoms with van der Waals surface area (Å²) < 4.78 is 1.86. The zero-order chi connectivity index (χ0) is 17.6. The van der Waals surface area contributed by atoms with Crippen LogP contribution in [0.15, 0.2) is 6.20 Å². The molecule has 3 rings (SSSR count). The van der Waals surface area contributed by atoms with Crippen molar-refractivity contribution < 1.29 is 4.79 Å². The lowest BCUT2D eigenvalue weighted by atomic mass is 9.87. The molecule has 1 aromatic rings. The second kappa shape index (κ2) is 8.79. The van der Waals surface area contributed by atoms with Gasteiger partial charge in [0.1, 0.15) is 0 Å². The zero-order valence-corrected chi connectivity index (χ0v) is 15.9. The van der Waals surface area contributed by atoms with E-state index >= 15 is 0 Å². The van der Waals surface area contributed by atoms with E-state index in [4.69, 9.17) is 0 Å². The molecule has 1 saturated heterocycles. The number of carbonyl (C=O) groups is 1. The average molecular weight is 348 g/mol. The Balaban J connectivity index is 1.50. The molecule has 0 radical (unpaired) electrons. The molecule has 1 saturated carbocycles. The van der Waals surface area contributed by atoms with E-state index in [0.717, 1.165) is 51.5 Å². The third-order valence-corrected chi connectivity index (χ3v) is 6.03. The molecule has 1 amide bonds. The highest BCUT2D eigenvalue weighted by molar-refractivity contribution is 5.92.